The van der Waals surface area contributed by atoms with Crippen LogP contribution in [0.25, 0.3) is 172 Å². The van der Waals surface area contributed by atoms with Crippen LogP contribution >= 0.6 is 31.9 Å². The van der Waals surface area contributed by atoms with Gasteiger partial charge in [0.05, 0.1) is 70.5 Å². The van der Waals surface area contributed by atoms with Crippen LogP contribution in [-0.2, 0) is 16.2 Å². The van der Waals surface area contributed by atoms with E-state index in [0.29, 0.717) is 22.5 Å². The van der Waals surface area contributed by atoms with Gasteiger partial charge in [-0.3, -0.25) is 0 Å². The number of benzene rings is 20. The summed E-state index contributed by atoms with van der Waals surface area (Å²) in [5.41, 5.74) is 21.9. The highest BCUT2D eigenvalue weighted by molar-refractivity contribution is 9.11. The van der Waals surface area contributed by atoms with Crippen molar-refractivity contribution >= 4 is 252 Å². The molecule has 0 aliphatic carbocycles. The molecule has 0 spiro atoms. The van der Waals surface area contributed by atoms with Crippen LogP contribution in [-0.4, -0.2) is 0 Å². The number of hydrogen-bond donors (Lipinski definition) is 1. The molecule has 0 fully saturated rings. The summed E-state index contributed by atoms with van der Waals surface area (Å²) in [5.74, 6) is 0. The molecule has 26 rings (SSSR count). The molecule has 3 aliphatic rings. The Balaban J connectivity index is 0.000000140. The van der Waals surface area contributed by atoms with Crippen molar-refractivity contribution in [2.24, 2.45) is 0 Å². The molecular weight excluding hydrogens is 1640 g/mol. The molecule has 1 N–H and O–H groups in total. The fourth-order valence-electron chi connectivity index (χ4n) is 21.2. The number of rotatable bonds is 2. The van der Waals surface area contributed by atoms with Gasteiger partial charge >= 0.3 is 0 Å². The van der Waals surface area contributed by atoms with Crippen LogP contribution in [0.5, 0.6) is 0 Å². The highest BCUT2D eigenvalue weighted by Gasteiger charge is 2.43. The Labute approximate surface area is 722 Å². The third-order valence-electron chi connectivity index (χ3n) is 27.1. The number of nitrogens with one attached hydrogen (secondary N) is 1. The van der Waals surface area contributed by atoms with E-state index in [1.165, 1.54) is 33.0 Å². The van der Waals surface area contributed by atoms with Crippen LogP contribution in [0.1, 0.15) is 86.1 Å². The van der Waals surface area contributed by atoms with Gasteiger partial charge in [0.25, 0.3) is 0 Å². The smallest absolute Gasteiger partial charge is 0.197 e. The number of para-hydroxylation sites is 3. The minimum absolute atomic E-state index is 0.0770. The lowest BCUT2D eigenvalue weighted by Gasteiger charge is -2.42. The zero-order valence-electron chi connectivity index (χ0n) is 67.4. The van der Waals surface area contributed by atoms with E-state index in [-0.39, 0.29) is 5.41 Å². The number of hydrogen-bond acceptors (Lipinski definition) is 8. The quantitative estimate of drug-likeness (QED) is 0.134. The minimum atomic E-state index is -0.396. The largest absolute Gasteiger partial charge is 0.453 e. The van der Waals surface area contributed by atoms with Crippen molar-refractivity contribution in [2.45, 2.75) is 57.8 Å². The first-order chi connectivity index (χ1) is 59.9. The SMILES string of the molecule is CC1(C)c2ccccc2Nc2c1ccc1c2oc2c3ccccc3ccc12.[C-]#[N+]c1cc(Br)c2ccc3c(C#N)cc(Br)c4ccc1c2c43.[C-]#[N+]c1cc(N2c3ccccc3C(C)(C)c3ccc4c(oc5c6ccccc6ccc45)c32)c2ccc3c(C#N)cc(N4c5ccccc5C(C)(C)c5ccc6c(oc7c8ccccc8ccc67)c54)c4ccc1c2c34. The molecule has 578 valence electrons. The molecule has 3 aliphatic heterocycles. The van der Waals surface area contributed by atoms with Crippen molar-refractivity contribution in [3.05, 3.63) is 367 Å². The normalized spacial score (nSPS) is 14.0. The van der Waals surface area contributed by atoms with E-state index in [9.17, 15) is 10.5 Å². The van der Waals surface area contributed by atoms with E-state index in [1.807, 2.05) is 36.4 Å². The Morgan fingerprint density at radius 2 is 0.642 bits per heavy atom. The number of nitriles is 2. The number of nitrogens with zero attached hydrogens (tertiary/aromatic N) is 6. The van der Waals surface area contributed by atoms with Crippen LogP contribution in [0.3, 0.4) is 0 Å². The van der Waals surface area contributed by atoms with Gasteiger partial charge in [-0.15, -0.1) is 0 Å². The topological polar surface area (TPSA) is 114 Å². The van der Waals surface area contributed by atoms with Gasteiger partial charge in [0.1, 0.15) is 16.7 Å². The summed E-state index contributed by atoms with van der Waals surface area (Å²) in [6.45, 7) is 30.0. The standard InChI is InChI=1S/C68H42N4O2.C25H19NO.C18H6Br2N2/c1-67(2)50-18-10-12-20-55(50)71(61-52(67)32-30-45-43-24-22-37-14-6-8-16-41(37)63(43)73-65(45)61)57-34-39(36-69)40-26-28-49-58(35-54(70-5)47-27-29-48(57)59(40)60(47)49)72-56-21-13-11-19-51(56)68(3,4)53-33-31-46-44-25-23-38-15-7-9-17-42(38)64(44)74-66(46)62(53)72;1-25(2)19-9-5-6-10-21(19)26-22-20(25)14-13-18-17-12-11-15-7-3-4-8-16(15)23(17)27-24(18)22;1-22-16-7-15(20)12-3-2-10-9(8-21)6-14(19)11-4-5-13(16)18(12)17(10)11/h6-35H,1-4H3;3-14,26H,1-2H3;2-7H. The van der Waals surface area contributed by atoms with Gasteiger partial charge in [-0.2, -0.15) is 10.5 Å². The van der Waals surface area contributed by atoms with Crippen LogP contribution in [0.4, 0.5) is 56.9 Å². The molecule has 0 amide bonds. The van der Waals surface area contributed by atoms with Gasteiger partial charge in [-0.05, 0) is 153 Å². The maximum Gasteiger partial charge on any atom is 0.197 e. The second-order valence-corrected chi connectivity index (χ2v) is 36.0. The Bertz CT molecular complexity index is 8490. The molecule has 12 heteroatoms. The molecule has 0 radical (unpaired) electrons. The van der Waals surface area contributed by atoms with E-state index < -0.39 is 10.8 Å². The van der Waals surface area contributed by atoms with Crippen molar-refractivity contribution in [3.8, 4) is 12.1 Å². The fourth-order valence-corrected chi connectivity index (χ4v) is 22.3. The Kier molecular flexibility index (Phi) is 15.2. The maximum absolute atomic E-state index is 11.3. The van der Waals surface area contributed by atoms with Gasteiger partial charge in [0.2, 0.25) is 0 Å². The molecule has 20 aromatic carbocycles. The van der Waals surface area contributed by atoms with E-state index in [1.54, 1.807) is 0 Å². The zero-order chi connectivity index (χ0) is 83.1. The zero-order valence-corrected chi connectivity index (χ0v) is 70.5. The lowest BCUT2D eigenvalue weighted by Crippen LogP contribution is -2.31. The molecule has 6 heterocycles. The molecular formula is C111H67Br2N7O3. The summed E-state index contributed by atoms with van der Waals surface area (Å²) in [6.07, 6.45) is 0. The second kappa shape index (κ2) is 26.0. The highest BCUT2D eigenvalue weighted by Crippen LogP contribution is 2.62. The van der Waals surface area contributed by atoms with Crippen LogP contribution in [0.15, 0.2) is 313 Å². The lowest BCUT2D eigenvalue weighted by atomic mass is 9.73. The average molecular weight is 1710 g/mol. The van der Waals surface area contributed by atoms with Gasteiger partial charge in [0, 0.05) is 107 Å². The first-order valence-electron chi connectivity index (χ1n) is 41.2. The molecule has 10 nitrogen and oxygen atoms in total. The Morgan fingerprint density at radius 3 is 1.15 bits per heavy atom. The third-order valence-corrected chi connectivity index (χ3v) is 28.4. The monoisotopic (exact) mass is 1700 g/mol. The molecule has 0 bridgehead atoms. The van der Waals surface area contributed by atoms with Gasteiger partial charge in [0.15, 0.2) is 28.1 Å². The minimum Gasteiger partial charge on any atom is -0.453 e. The van der Waals surface area contributed by atoms with Crippen molar-refractivity contribution in [2.75, 3.05) is 15.1 Å². The highest BCUT2D eigenvalue weighted by atomic mass is 79.9. The maximum atomic E-state index is 11.3. The summed E-state index contributed by atoms with van der Waals surface area (Å²) >= 11 is 7.13. The third kappa shape index (κ3) is 9.91. The van der Waals surface area contributed by atoms with Gasteiger partial charge < -0.3 is 28.4 Å². The molecule has 3 aromatic heterocycles. The number of halogens is 2. The molecule has 0 unspecified atom stereocenters. The Hall–Kier alpha value is -15.0. The van der Waals surface area contributed by atoms with E-state index in [0.717, 1.165) is 218 Å². The van der Waals surface area contributed by atoms with Crippen LogP contribution in [0, 0.1) is 35.8 Å². The first-order valence-corrected chi connectivity index (χ1v) is 42.8. The summed E-state index contributed by atoms with van der Waals surface area (Å²) in [6, 6.07) is 107. The average Bonchev–Trinajstić information content (AvgIpc) is 1.68. The summed E-state index contributed by atoms with van der Waals surface area (Å²) in [4.78, 5) is 12.7. The molecule has 0 atom stereocenters. The fraction of sp³-hybridized carbons (Fsp3) is 0.0811. The predicted molar refractivity (Wildman–Crippen MR) is 514 cm³/mol. The molecule has 0 saturated heterocycles. The number of anilines is 8. The van der Waals surface area contributed by atoms with E-state index in [4.69, 9.17) is 26.4 Å². The van der Waals surface area contributed by atoms with Crippen LogP contribution in [0.2, 0.25) is 0 Å². The van der Waals surface area contributed by atoms with Gasteiger partial charge in [-0.1, -0.05) is 304 Å². The first kappa shape index (κ1) is 72.0. The summed E-state index contributed by atoms with van der Waals surface area (Å²) < 4.78 is 22.7. The molecule has 23 aromatic rings. The van der Waals surface area contributed by atoms with E-state index >= 15 is 0 Å². The summed E-state index contributed by atoms with van der Waals surface area (Å²) in [7, 11) is 0. The molecule has 0 saturated carbocycles. The van der Waals surface area contributed by atoms with Crippen molar-refractivity contribution in [1.82, 2.24) is 0 Å². The van der Waals surface area contributed by atoms with E-state index in [2.05, 4.69) is 365 Å². The number of fused-ring (bicyclic) bond motifs is 24. The van der Waals surface area contributed by atoms with Crippen molar-refractivity contribution in [1.29, 1.82) is 10.5 Å². The van der Waals surface area contributed by atoms with Crippen molar-refractivity contribution < 1.29 is 13.3 Å². The molecule has 123 heavy (non-hydrogen) atoms. The number of furan rings is 3. The van der Waals surface area contributed by atoms with Crippen molar-refractivity contribution in [3.63, 3.8) is 0 Å². The lowest BCUT2D eigenvalue weighted by molar-refractivity contribution is 0.624. The van der Waals surface area contributed by atoms with Gasteiger partial charge in [-0.25, -0.2) is 9.69 Å². The van der Waals surface area contributed by atoms with Crippen LogP contribution < -0.4 is 15.1 Å². The Morgan fingerprint density at radius 1 is 0.301 bits per heavy atom. The predicted octanol–water partition coefficient (Wildman–Crippen LogP) is 33.0. The second-order valence-electron chi connectivity index (χ2n) is 34.3. The summed E-state index contributed by atoms with van der Waals surface area (Å²) in [5, 5.41) is 49.2.